The molecule has 6 heteroatoms. The summed E-state index contributed by atoms with van der Waals surface area (Å²) in [6.07, 6.45) is 1.81. The zero-order valence-corrected chi connectivity index (χ0v) is 12.6. The van der Waals surface area contributed by atoms with Crippen molar-refractivity contribution < 1.29 is 8.42 Å². The highest BCUT2D eigenvalue weighted by molar-refractivity contribution is 7.89. The molecule has 0 radical (unpaired) electrons. The van der Waals surface area contributed by atoms with Crippen molar-refractivity contribution in [3.8, 4) is 0 Å². The van der Waals surface area contributed by atoms with Gasteiger partial charge in [-0.1, -0.05) is 29.8 Å². The van der Waals surface area contributed by atoms with E-state index >= 15 is 0 Å². The number of para-hydroxylation sites is 1. The minimum absolute atomic E-state index is 0.201. The molecule has 3 rings (SSSR count). The van der Waals surface area contributed by atoms with Crippen molar-refractivity contribution >= 4 is 32.5 Å². The highest BCUT2D eigenvalue weighted by atomic mass is 35.5. The Hall–Kier alpha value is -1.82. The van der Waals surface area contributed by atoms with Crippen molar-refractivity contribution in [1.82, 2.24) is 9.71 Å². The largest absolute Gasteiger partial charge is 0.361 e. The third kappa shape index (κ3) is 2.95. The smallest absolute Gasteiger partial charge is 0.240 e. The minimum Gasteiger partial charge on any atom is -0.361 e. The number of halogens is 1. The van der Waals surface area contributed by atoms with Gasteiger partial charge in [-0.2, -0.15) is 0 Å². The van der Waals surface area contributed by atoms with Crippen LogP contribution in [0.4, 0.5) is 0 Å². The molecule has 0 aliphatic heterocycles. The van der Waals surface area contributed by atoms with Crippen molar-refractivity contribution in [2.24, 2.45) is 0 Å². The van der Waals surface area contributed by atoms with Crippen LogP contribution in [0.25, 0.3) is 10.9 Å². The fourth-order valence-electron chi connectivity index (χ4n) is 2.15. The lowest BCUT2D eigenvalue weighted by molar-refractivity contribution is 0.581. The van der Waals surface area contributed by atoms with Crippen LogP contribution in [0.3, 0.4) is 0 Å². The van der Waals surface area contributed by atoms with E-state index in [9.17, 15) is 8.42 Å². The van der Waals surface area contributed by atoms with E-state index < -0.39 is 10.0 Å². The van der Waals surface area contributed by atoms with Gasteiger partial charge in [0, 0.05) is 28.7 Å². The van der Waals surface area contributed by atoms with E-state index in [1.165, 1.54) is 12.1 Å². The van der Waals surface area contributed by atoms with Gasteiger partial charge in [0.1, 0.15) is 0 Å². The number of sulfonamides is 1. The second-order valence-corrected chi connectivity index (χ2v) is 6.84. The van der Waals surface area contributed by atoms with Crippen LogP contribution in [0.1, 0.15) is 5.56 Å². The summed E-state index contributed by atoms with van der Waals surface area (Å²) in [4.78, 5) is 3.32. The molecule has 1 aromatic heterocycles. The SMILES string of the molecule is O=S(=O)(NCc1c[nH]c2ccccc12)c1ccc(Cl)cc1. The maximum atomic E-state index is 12.2. The summed E-state index contributed by atoms with van der Waals surface area (Å²) >= 11 is 5.77. The van der Waals surface area contributed by atoms with E-state index in [4.69, 9.17) is 11.6 Å². The van der Waals surface area contributed by atoms with Crippen LogP contribution in [-0.4, -0.2) is 13.4 Å². The van der Waals surface area contributed by atoms with Crippen molar-refractivity contribution in [3.63, 3.8) is 0 Å². The molecule has 0 saturated carbocycles. The first kappa shape index (κ1) is 14.1. The lowest BCUT2D eigenvalue weighted by Crippen LogP contribution is -2.23. The third-order valence-electron chi connectivity index (χ3n) is 3.25. The van der Waals surface area contributed by atoms with E-state index in [1.54, 1.807) is 12.1 Å². The Labute approximate surface area is 127 Å². The molecule has 0 atom stereocenters. The van der Waals surface area contributed by atoms with Crippen LogP contribution in [0.2, 0.25) is 5.02 Å². The number of aromatic nitrogens is 1. The molecule has 0 aliphatic carbocycles. The molecule has 0 spiro atoms. The lowest BCUT2D eigenvalue weighted by atomic mass is 10.2. The Balaban J connectivity index is 1.82. The molecule has 0 bridgehead atoms. The Morgan fingerprint density at radius 1 is 1.05 bits per heavy atom. The summed E-state index contributed by atoms with van der Waals surface area (Å²) in [6, 6.07) is 13.8. The second-order valence-electron chi connectivity index (χ2n) is 4.64. The van der Waals surface area contributed by atoms with E-state index in [2.05, 4.69) is 9.71 Å². The van der Waals surface area contributed by atoms with Gasteiger partial charge in [0.2, 0.25) is 10.0 Å². The van der Waals surface area contributed by atoms with Gasteiger partial charge in [-0.05, 0) is 35.9 Å². The van der Waals surface area contributed by atoms with Crippen LogP contribution < -0.4 is 4.72 Å². The van der Waals surface area contributed by atoms with E-state index in [-0.39, 0.29) is 11.4 Å². The molecular weight excluding hydrogens is 308 g/mol. The molecule has 0 fully saturated rings. The molecule has 0 aliphatic rings. The maximum Gasteiger partial charge on any atom is 0.240 e. The number of hydrogen-bond donors (Lipinski definition) is 2. The van der Waals surface area contributed by atoms with Crippen molar-refractivity contribution in [2.45, 2.75) is 11.4 Å². The van der Waals surface area contributed by atoms with E-state index in [0.717, 1.165) is 16.5 Å². The number of benzene rings is 2. The molecule has 4 nitrogen and oxygen atoms in total. The first-order valence-corrected chi connectivity index (χ1v) is 8.22. The first-order chi connectivity index (χ1) is 10.1. The molecule has 0 unspecified atom stereocenters. The number of H-pyrrole nitrogens is 1. The molecule has 21 heavy (non-hydrogen) atoms. The molecule has 108 valence electrons. The average Bonchev–Trinajstić information content (AvgIpc) is 2.89. The molecule has 0 amide bonds. The topological polar surface area (TPSA) is 62.0 Å². The predicted molar refractivity (Wildman–Crippen MR) is 83.8 cm³/mol. The quantitative estimate of drug-likeness (QED) is 0.774. The van der Waals surface area contributed by atoms with Crippen LogP contribution >= 0.6 is 11.6 Å². The predicted octanol–water partition coefficient (Wildman–Crippen LogP) is 3.30. The normalized spacial score (nSPS) is 11.9. The molecule has 3 aromatic rings. The fraction of sp³-hybridized carbons (Fsp3) is 0.0667. The fourth-order valence-corrected chi connectivity index (χ4v) is 3.28. The third-order valence-corrected chi connectivity index (χ3v) is 4.92. The van der Waals surface area contributed by atoms with Gasteiger partial charge < -0.3 is 4.98 Å². The van der Waals surface area contributed by atoms with Gasteiger partial charge in [0.15, 0.2) is 0 Å². The van der Waals surface area contributed by atoms with Crippen LogP contribution in [0.15, 0.2) is 59.6 Å². The molecule has 0 saturated heterocycles. The van der Waals surface area contributed by atoms with Gasteiger partial charge in [-0.15, -0.1) is 0 Å². The summed E-state index contributed by atoms with van der Waals surface area (Å²) in [5.74, 6) is 0. The summed E-state index contributed by atoms with van der Waals surface area (Å²) < 4.78 is 27.0. The number of fused-ring (bicyclic) bond motifs is 1. The Morgan fingerprint density at radius 3 is 2.52 bits per heavy atom. The summed E-state index contributed by atoms with van der Waals surface area (Å²) in [5.41, 5.74) is 1.89. The standard InChI is InChI=1S/C15H13ClN2O2S/c16-12-5-7-13(8-6-12)21(19,20)18-10-11-9-17-15-4-2-1-3-14(11)15/h1-9,17-18H,10H2. The lowest BCUT2D eigenvalue weighted by Gasteiger charge is -2.06. The van der Waals surface area contributed by atoms with Crippen LogP contribution in [0, 0.1) is 0 Å². The number of nitrogens with one attached hydrogen (secondary N) is 2. The van der Waals surface area contributed by atoms with E-state index in [0.29, 0.717) is 5.02 Å². The van der Waals surface area contributed by atoms with Gasteiger partial charge in [-0.3, -0.25) is 0 Å². The Morgan fingerprint density at radius 2 is 1.76 bits per heavy atom. The monoisotopic (exact) mass is 320 g/mol. The van der Waals surface area contributed by atoms with Gasteiger partial charge in [0.25, 0.3) is 0 Å². The van der Waals surface area contributed by atoms with Crippen molar-refractivity contribution in [3.05, 3.63) is 65.3 Å². The number of hydrogen-bond acceptors (Lipinski definition) is 2. The second kappa shape index (κ2) is 5.52. The average molecular weight is 321 g/mol. The minimum atomic E-state index is -3.54. The molecular formula is C15H13ClN2O2S. The zero-order chi connectivity index (χ0) is 14.9. The Kier molecular flexibility index (Phi) is 3.71. The van der Waals surface area contributed by atoms with Gasteiger partial charge >= 0.3 is 0 Å². The van der Waals surface area contributed by atoms with Gasteiger partial charge in [0.05, 0.1) is 4.90 Å². The van der Waals surface area contributed by atoms with Crippen molar-refractivity contribution in [1.29, 1.82) is 0 Å². The molecule has 2 N–H and O–H groups in total. The van der Waals surface area contributed by atoms with E-state index in [1.807, 2.05) is 30.5 Å². The van der Waals surface area contributed by atoms with Crippen LogP contribution in [-0.2, 0) is 16.6 Å². The number of rotatable bonds is 4. The number of aromatic amines is 1. The highest BCUT2D eigenvalue weighted by Crippen LogP contribution is 2.19. The van der Waals surface area contributed by atoms with Gasteiger partial charge in [-0.25, -0.2) is 13.1 Å². The maximum absolute atomic E-state index is 12.2. The van der Waals surface area contributed by atoms with Crippen LogP contribution in [0.5, 0.6) is 0 Å². The summed E-state index contributed by atoms with van der Waals surface area (Å²) in [6.45, 7) is 0.231. The molecule has 2 aromatic carbocycles. The summed E-state index contributed by atoms with van der Waals surface area (Å²) in [7, 11) is -3.54. The molecule has 1 heterocycles. The summed E-state index contributed by atoms with van der Waals surface area (Å²) in [5, 5.41) is 1.52. The van der Waals surface area contributed by atoms with Crippen molar-refractivity contribution in [2.75, 3.05) is 0 Å². The zero-order valence-electron chi connectivity index (χ0n) is 11.0. The first-order valence-electron chi connectivity index (χ1n) is 6.36. The Bertz CT molecular complexity index is 870. The highest BCUT2D eigenvalue weighted by Gasteiger charge is 2.14.